The van der Waals surface area contributed by atoms with E-state index in [9.17, 15) is 9.90 Å². The van der Waals surface area contributed by atoms with E-state index < -0.39 is 0 Å². The van der Waals surface area contributed by atoms with E-state index in [1.807, 2.05) is 18.2 Å². The Balaban J connectivity index is 2.14. The fourth-order valence-electron chi connectivity index (χ4n) is 3.09. The molecule has 1 heterocycles. The smallest absolute Gasteiger partial charge is 0.253 e. The summed E-state index contributed by atoms with van der Waals surface area (Å²) in [6, 6.07) is 8.54. The van der Waals surface area contributed by atoms with Gasteiger partial charge in [0.05, 0.1) is 6.61 Å². The van der Waals surface area contributed by atoms with E-state index in [4.69, 9.17) is 0 Å². The summed E-state index contributed by atoms with van der Waals surface area (Å²) in [6.45, 7) is 3.22. The third-order valence-corrected chi connectivity index (χ3v) is 4.35. The summed E-state index contributed by atoms with van der Waals surface area (Å²) in [5.41, 5.74) is 1.86. The minimum absolute atomic E-state index is 0.0299. The molecule has 0 bridgehead atoms. The second-order valence-corrected chi connectivity index (χ2v) is 6.19. The maximum atomic E-state index is 12.0. The van der Waals surface area contributed by atoms with Gasteiger partial charge in [-0.25, -0.2) is 0 Å². The van der Waals surface area contributed by atoms with E-state index in [2.05, 4.69) is 17.9 Å². The number of hydrogen-bond acceptors (Lipinski definition) is 3. The molecule has 4 nitrogen and oxygen atoms in total. The summed E-state index contributed by atoms with van der Waals surface area (Å²) < 4.78 is 0. The number of likely N-dealkylation sites (tertiary alicyclic amines) is 1. The Hall–Kier alpha value is -1.39. The van der Waals surface area contributed by atoms with Gasteiger partial charge >= 0.3 is 0 Å². The number of aliphatic hydroxyl groups is 1. The molecule has 1 amide bonds. The number of hydrogen-bond donors (Lipinski definition) is 1. The van der Waals surface area contributed by atoms with Crippen LogP contribution in [-0.2, 0) is 6.54 Å². The van der Waals surface area contributed by atoms with Crippen LogP contribution < -0.4 is 0 Å². The van der Waals surface area contributed by atoms with Gasteiger partial charge in [-0.05, 0) is 37.5 Å². The summed E-state index contributed by atoms with van der Waals surface area (Å²) in [4.78, 5) is 16.0. The van der Waals surface area contributed by atoms with Crippen molar-refractivity contribution in [1.29, 1.82) is 0 Å². The lowest BCUT2D eigenvalue weighted by molar-refractivity contribution is 0.0451. The van der Waals surface area contributed by atoms with Crippen LogP contribution in [0.2, 0.25) is 0 Å². The first-order chi connectivity index (χ1) is 10.0. The molecule has 4 heteroatoms. The van der Waals surface area contributed by atoms with Crippen molar-refractivity contribution in [2.75, 3.05) is 20.7 Å². The van der Waals surface area contributed by atoms with Crippen molar-refractivity contribution in [1.82, 2.24) is 9.80 Å². The van der Waals surface area contributed by atoms with Crippen LogP contribution >= 0.6 is 0 Å². The Morgan fingerprint density at radius 1 is 1.38 bits per heavy atom. The van der Waals surface area contributed by atoms with Gasteiger partial charge < -0.3 is 10.0 Å². The molecular formula is C17H26N2O2. The van der Waals surface area contributed by atoms with E-state index in [-0.39, 0.29) is 18.6 Å². The molecule has 116 valence electrons. The summed E-state index contributed by atoms with van der Waals surface area (Å²) in [6.07, 6.45) is 3.41. The average Bonchev–Trinajstić information content (AvgIpc) is 2.48. The molecule has 1 aromatic rings. The average molecular weight is 290 g/mol. The summed E-state index contributed by atoms with van der Waals surface area (Å²) >= 11 is 0. The Bertz CT molecular complexity index is 487. The normalized spacial score (nSPS) is 23.0. The van der Waals surface area contributed by atoms with Crippen molar-refractivity contribution in [3.63, 3.8) is 0 Å². The molecule has 2 atom stereocenters. The molecule has 1 fully saturated rings. The van der Waals surface area contributed by atoms with E-state index in [1.165, 1.54) is 12.8 Å². The first kappa shape index (κ1) is 16.0. The molecule has 1 N–H and O–H groups in total. The molecule has 0 aliphatic carbocycles. The lowest BCUT2D eigenvalue weighted by atomic mass is 9.96. The molecule has 0 spiro atoms. The van der Waals surface area contributed by atoms with Crippen molar-refractivity contribution < 1.29 is 9.90 Å². The number of carbonyl (C=O) groups excluding carboxylic acids is 1. The second-order valence-electron chi connectivity index (χ2n) is 6.19. The Morgan fingerprint density at radius 2 is 2.14 bits per heavy atom. The van der Waals surface area contributed by atoms with Gasteiger partial charge in [-0.1, -0.05) is 18.6 Å². The topological polar surface area (TPSA) is 43.8 Å². The van der Waals surface area contributed by atoms with Gasteiger partial charge in [0.15, 0.2) is 0 Å². The number of amides is 1. The molecule has 0 radical (unpaired) electrons. The highest BCUT2D eigenvalue weighted by Crippen LogP contribution is 2.25. The minimum Gasteiger partial charge on any atom is -0.395 e. The third kappa shape index (κ3) is 3.83. The lowest BCUT2D eigenvalue weighted by Gasteiger charge is -2.40. The Labute approximate surface area is 127 Å². The van der Waals surface area contributed by atoms with Crippen LogP contribution in [0.5, 0.6) is 0 Å². The fraction of sp³-hybridized carbons (Fsp3) is 0.588. The van der Waals surface area contributed by atoms with Crippen molar-refractivity contribution >= 4 is 5.91 Å². The second kappa shape index (κ2) is 7.05. The standard InChI is InChI=1S/C17H26N2O2/c1-13-6-4-9-16(12-20)19(13)11-14-7-5-8-15(10-14)17(21)18(2)3/h5,7-8,10,13,16,20H,4,6,9,11-12H2,1-3H3/t13-,16+/m0/s1. The summed E-state index contributed by atoms with van der Waals surface area (Å²) in [5, 5.41) is 9.57. The first-order valence-electron chi connectivity index (χ1n) is 7.70. The largest absolute Gasteiger partial charge is 0.395 e. The van der Waals surface area contributed by atoms with Crippen LogP contribution in [0, 0.1) is 0 Å². The van der Waals surface area contributed by atoms with Gasteiger partial charge in [0.1, 0.15) is 0 Å². The minimum atomic E-state index is 0.0299. The van der Waals surface area contributed by atoms with Crippen LogP contribution in [-0.4, -0.2) is 53.6 Å². The van der Waals surface area contributed by atoms with Gasteiger partial charge in [-0.15, -0.1) is 0 Å². The highest BCUT2D eigenvalue weighted by molar-refractivity contribution is 5.94. The highest BCUT2D eigenvalue weighted by Gasteiger charge is 2.27. The zero-order valence-corrected chi connectivity index (χ0v) is 13.2. The number of piperidine rings is 1. The van der Waals surface area contributed by atoms with Crippen molar-refractivity contribution in [3.8, 4) is 0 Å². The predicted octanol–water partition coefficient (Wildman–Crippen LogP) is 2.12. The van der Waals surface area contributed by atoms with Crippen molar-refractivity contribution in [2.45, 2.75) is 44.8 Å². The molecule has 2 rings (SSSR count). The lowest BCUT2D eigenvalue weighted by Crippen LogP contribution is -2.46. The Kier molecular flexibility index (Phi) is 5.37. The molecule has 1 saturated heterocycles. The Morgan fingerprint density at radius 3 is 2.81 bits per heavy atom. The summed E-state index contributed by atoms with van der Waals surface area (Å²) in [5.74, 6) is 0.0299. The molecule has 1 aliphatic rings. The molecule has 0 saturated carbocycles. The van der Waals surface area contributed by atoms with Crippen LogP contribution in [0.1, 0.15) is 42.1 Å². The van der Waals surface area contributed by atoms with Crippen LogP contribution in [0.3, 0.4) is 0 Å². The SMILES string of the molecule is C[C@H]1CCC[C@H](CO)N1Cc1cccc(C(=O)N(C)C)c1. The number of rotatable bonds is 4. The number of nitrogens with zero attached hydrogens (tertiary/aromatic N) is 2. The molecule has 1 aromatic carbocycles. The highest BCUT2D eigenvalue weighted by atomic mass is 16.3. The molecule has 0 aromatic heterocycles. The molecular weight excluding hydrogens is 264 g/mol. The maximum absolute atomic E-state index is 12.0. The molecule has 0 unspecified atom stereocenters. The van der Waals surface area contributed by atoms with Gasteiger partial charge in [0.25, 0.3) is 5.91 Å². The van der Waals surface area contributed by atoms with E-state index in [0.717, 1.165) is 24.1 Å². The van der Waals surface area contributed by atoms with Gasteiger partial charge in [-0.2, -0.15) is 0 Å². The molecule has 1 aliphatic heterocycles. The summed E-state index contributed by atoms with van der Waals surface area (Å²) in [7, 11) is 3.53. The third-order valence-electron chi connectivity index (χ3n) is 4.35. The van der Waals surface area contributed by atoms with Crippen molar-refractivity contribution in [2.24, 2.45) is 0 Å². The number of carbonyl (C=O) groups is 1. The van der Waals surface area contributed by atoms with Crippen molar-refractivity contribution in [3.05, 3.63) is 35.4 Å². The van der Waals surface area contributed by atoms with Crippen LogP contribution in [0.25, 0.3) is 0 Å². The quantitative estimate of drug-likeness (QED) is 0.924. The number of aliphatic hydroxyl groups excluding tert-OH is 1. The fourth-order valence-corrected chi connectivity index (χ4v) is 3.09. The van der Waals surface area contributed by atoms with E-state index in [1.54, 1.807) is 19.0 Å². The molecule has 21 heavy (non-hydrogen) atoms. The maximum Gasteiger partial charge on any atom is 0.253 e. The van der Waals surface area contributed by atoms with Gasteiger partial charge in [0, 0.05) is 38.3 Å². The van der Waals surface area contributed by atoms with Crippen LogP contribution in [0.4, 0.5) is 0 Å². The van der Waals surface area contributed by atoms with Crippen LogP contribution in [0.15, 0.2) is 24.3 Å². The zero-order chi connectivity index (χ0) is 15.4. The van der Waals surface area contributed by atoms with Gasteiger partial charge in [-0.3, -0.25) is 9.69 Å². The zero-order valence-electron chi connectivity index (χ0n) is 13.2. The van der Waals surface area contributed by atoms with E-state index >= 15 is 0 Å². The van der Waals surface area contributed by atoms with E-state index in [0.29, 0.717) is 6.04 Å². The first-order valence-corrected chi connectivity index (χ1v) is 7.70. The predicted molar refractivity (Wildman–Crippen MR) is 84.2 cm³/mol. The monoisotopic (exact) mass is 290 g/mol. The number of benzene rings is 1. The van der Waals surface area contributed by atoms with Gasteiger partial charge in [0.2, 0.25) is 0 Å².